The average Bonchev–Trinajstić information content (AvgIpc) is 2.73. The van der Waals surface area contributed by atoms with Crippen LogP contribution >= 0.6 is 0 Å². The van der Waals surface area contributed by atoms with Crippen molar-refractivity contribution in [1.82, 2.24) is 15.5 Å². The van der Waals surface area contributed by atoms with E-state index < -0.39 is 0 Å². The molecule has 0 bridgehead atoms. The molecule has 0 aromatic heterocycles. The highest BCUT2D eigenvalue weighted by Gasteiger charge is 2.23. The smallest absolute Gasteiger partial charge is 0.191 e. The van der Waals surface area contributed by atoms with E-state index >= 15 is 0 Å². The minimum atomic E-state index is 0.0790. The Balaban J connectivity index is 2.05. The van der Waals surface area contributed by atoms with Crippen molar-refractivity contribution in [1.29, 1.82) is 0 Å². The van der Waals surface area contributed by atoms with E-state index in [4.69, 9.17) is 19.2 Å². The maximum absolute atomic E-state index is 5.77. The molecule has 3 unspecified atom stereocenters. The zero-order chi connectivity index (χ0) is 21.9. The van der Waals surface area contributed by atoms with Crippen LogP contribution in [0.5, 0.6) is 11.5 Å². The fourth-order valence-corrected chi connectivity index (χ4v) is 3.67. The number of ether oxygens (including phenoxy) is 3. The van der Waals surface area contributed by atoms with Gasteiger partial charge in [0.05, 0.1) is 39.0 Å². The Hall–Kier alpha value is -1.99. The maximum atomic E-state index is 5.77. The lowest BCUT2D eigenvalue weighted by molar-refractivity contribution is -0.0165. The van der Waals surface area contributed by atoms with Crippen molar-refractivity contribution in [3.63, 3.8) is 0 Å². The van der Waals surface area contributed by atoms with Crippen LogP contribution in [0, 0.1) is 0 Å². The number of nitrogens with one attached hydrogen (secondary N) is 2. The van der Waals surface area contributed by atoms with Gasteiger partial charge in [-0.3, -0.25) is 9.89 Å². The van der Waals surface area contributed by atoms with Crippen LogP contribution in [0.25, 0.3) is 0 Å². The van der Waals surface area contributed by atoms with Gasteiger partial charge in [0.2, 0.25) is 0 Å². The lowest BCUT2D eigenvalue weighted by atomic mass is 10.1. The van der Waals surface area contributed by atoms with Crippen molar-refractivity contribution in [2.24, 2.45) is 4.99 Å². The summed E-state index contributed by atoms with van der Waals surface area (Å²) in [4.78, 5) is 7.32. The van der Waals surface area contributed by atoms with Gasteiger partial charge in [0.15, 0.2) is 17.5 Å². The van der Waals surface area contributed by atoms with E-state index in [-0.39, 0.29) is 6.04 Å². The highest BCUT2D eigenvalue weighted by atomic mass is 16.5. The first-order chi connectivity index (χ1) is 14.5. The molecular formula is C23H40N4O3. The molecule has 1 saturated heterocycles. The molecule has 1 aromatic rings. The van der Waals surface area contributed by atoms with Gasteiger partial charge in [-0.1, -0.05) is 6.07 Å². The van der Waals surface area contributed by atoms with Gasteiger partial charge in [0, 0.05) is 25.2 Å². The predicted molar refractivity (Wildman–Crippen MR) is 123 cm³/mol. The van der Waals surface area contributed by atoms with E-state index in [1.54, 1.807) is 0 Å². The zero-order valence-corrected chi connectivity index (χ0v) is 19.5. The first-order valence-electron chi connectivity index (χ1n) is 11.3. The van der Waals surface area contributed by atoms with Crippen LogP contribution in [-0.2, 0) is 4.74 Å². The first-order valence-corrected chi connectivity index (χ1v) is 11.3. The molecule has 0 radical (unpaired) electrons. The fourth-order valence-electron chi connectivity index (χ4n) is 3.67. The molecule has 1 heterocycles. The summed E-state index contributed by atoms with van der Waals surface area (Å²) in [5.74, 6) is 2.39. The zero-order valence-electron chi connectivity index (χ0n) is 19.5. The molecule has 7 nitrogen and oxygen atoms in total. The third kappa shape index (κ3) is 7.06. The molecule has 7 heteroatoms. The van der Waals surface area contributed by atoms with Crippen molar-refractivity contribution < 1.29 is 14.2 Å². The van der Waals surface area contributed by atoms with Crippen molar-refractivity contribution in [3.05, 3.63) is 23.8 Å². The second-order valence-corrected chi connectivity index (χ2v) is 7.67. The summed E-state index contributed by atoms with van der Waals surface area (Å²) >= 11 is 0. The molecular weight excluding hydrogens is 380 g/mol. The molecule has 0 spiro atoms. The summed E-state index contributed by atoms with van der Waals surface area (Å²) in [6, 6.07) is 6.98. The van der Waals surface area contributed by atoms with Crippen molar-refractivity contribution in [3.8, 4) is 11.5 Å². The topological polar surface area (TPSA) is 67.4 Å². The summed E-state index contributed by atoms with van der Waals surface area (Å²) in [5, 5.41) is 6.89. The number of hydrogen-bond acceptors (Lipinski definition) is 5. The van der Waals surface area contributed by atoms with Gasteiger partial charge < -0.3 is 24.8 Å². The summed E-state index contributed by atoms with van der Waals surface area (Å²) in [7, 11) is 0. The minimum Gasteiger partial charge on any atom is -0.490 e. The number of morpholine rings is 1. The van der Waals surface area contributed by atoms with Gasteiger partial charge in [-0.2, -0.15) is 0 Å². The number of guanidine groups is 1. The van der Waals surface area contributed by atoms with E-state index in [2.05, 4.69) is 49.3 Å². The Morgan fingerprint density at radius 1 is 1.20 bits per heavy atom. The Labute approximate surface area is 182 Å². The number of hydrogen-bond donors (Lipinski definition) is 2. The minimum absolute atomic E-state index is 0.0790. The van der Waals surface area contributed by atoms with Crippen molar-refractivity contribution in [2.45, 2.75) is 59.7 Å². The SMILES string of the molecule is CCNC(=NCC(C)N1CCOCC1C)NC(C)c1ccc(OCC)c(OCC)c1. The van der Waals surface area contributed by atoms with Crippen molar-refractivity contribution >= 4 is 5.96 Å². The average molecular weight is 421 g/mol. The summed E-state index contributed by atoms with van der Waals surface area (Å²) in [6.45, 7) is 18.0. The number of nitrogens with zero attached hydrogens (tertiary/aromatic N) is 2. The van der Waals surface area contributed by atoms with Crippen LogP contribution in [0.2, 0.25) is 0 Å². The molecule has 2 N–H and O–H groups in total. The van der Waals surface area contributed by atoms with E-state index in [1.807, 2.05) is 26.0 Å². The van der Waals surface area contributed by atoms with Gasteiger partial charge in [-0.15, -0.1) is 0 Å². The molecule has 0 saturated carbocycles. The highest BCUT2D eigenvalue weighted by Crippen LogP contribution is 2.30. The second-order valence-electron chi connectivity index (χ2n) is 7.67. The summed E-state index contributed by atoms with van der Waals surface area (Å²) < 4.78 is 17.0. The van der Waals surface area contributed by atoms with Crippen LogP contribution in [-0.4, -0.2) is 69.0 Å². The first kappa shape index (κ1) is 24.3. The standard InChI is InChI=1S/C23H40N4O3/c1-7-24-23(25-15-17(4)27-12-13-28-16-18(27)5)26-19(6)20-10-11-21(29-8-2)22(14-20)30-9-3/h10-11,14,17-19H,7-9,12-13,15-16H2,1-6H3,(H2,24,25,26). The lowest BCUT2D eigenvalue weighted by Gasteiger charge is -2.37. The Bertz CT molecular complexity index is 668. The van der Waals surface area contributed by atoms with E-state index in [0.717, 1.165) is 55.9 Å². The summed E-state index contributed by atoms with van der Waals surface area (Å²) in [5.41, 5.74) is 1.13. The van der Waals surface area contributed by atoms with Crippen LogP contribution in [0.1, 0.15) is 53.1 Å². The predicted octanol–water partition coefficient (Wildman–Crippen LogP) is 3.21. The van der Waals surface area contributed by atoms with Gasteiger partial charge in [0.1, 0.15) is 0 Å². The molecule has 0 aliphatic carbocycles. The molecule has 1 fully saturated rings. The van der Waals surface area contributed by atoms with E-state index in [0.29, 0.717) is 25.3 Å². The molecule has 2 rings (SSSR count). The Kier molecular flexibility index (Phi) is 10.2. The van der Waals surface area contributed by atoms with Crippen LogP contribution < -0.4 is 20.1 Å². The largest absolute Gasteiger partial charge is 0.490 e. The van der Waals surface area contributed by atoms with Crippen molar-refractivity contribution in [2.75, 3.05) is 46.1 Å². The van der Waals surface area contributed by atoms with E-state index in [1.165, 1.54) is 0 Å². The van der Waals surface area contributed by atoms with E-state index in [9.17, 15) is 0 Å². The number of aliphatic imine (C=N–C) groups is 1. The monoisotopic (exact) mass is 420 g/mol. The molecule has 1 aliphatic heterocycles. The second kappa shape index (κ2) is 12.6. The molecule has 1 aliphatic rings. The molecule has 170 valence electrons. The highest BCUT2D eigenvalue weighted by molar-refractivity contribution is 5.80. The molecule has 0 amide bonds. The quantitative estimate of drug-likeness (QED) is 0.448. The maximum Gasteiger partial charge on any atom is 0.191 e. The molecule has 3 atom stereocenters. The normalized spacial score (nSPS) is 19.8. The number of benzene rings is 1. The Morgan fingerprint density at radius 2 is 1.93 bits per heavy atom. The van der Waals surface area contributed by atoms with Gasteiger partial charge in [0.25, 0.3) is 0 Å². The molecule has 30 heavy (non-hydrogen) atoms. The number of rotatable bonds is 10. The third-order valence-electron chi connectivity index (χ3n) is 5.26. The Morgan fingerprint density at radius 3 is 2.60 bits per heavy atom. The van der Waals surface area contributed by atoms with Gasteiger partial charge in [-0.05, 0) is 59.2 Å². The molecule has 1 aromatic carbocycles. The lowest BCUT2D eigenvalue weighted by Crippen LogP contribution is -2.49. The van der Waals surface area contributed by atoms with Crippen LogP contribution in [0.15, 0.2) is 23.2 Å². The van der Waals surface area contributed by atoms with Crippen LogP contribution in [0.3, 0.4) is 0 Å². The van der Waals surface area contributed by atoms with Gasteiger partial charge >= 0.3 is 0 Å². The third-order valence-corrected chi connectivity index (χ3v) is 5.26. The fraction of sp³-hybridized carbons (Fsp3) is 0.696. The van der Waals surface area contributed by atoms with Crippen LogP contribution in [0.4, 0.5) is 0 Å². The van der Waals surface area contributed by atoms with Gasteiger partial charge in [-0.25, -0.2) is 0 Å². The summed E-state index contributed by atoms with van der Waals surface area (Å²) in [6.07, 6.45) is 0.